The number of rotatable bonds is 2. The first-order chi connectivity index (χ1) is 6.97. The summed E-state index contributed by atoms with van der Waals surface area (Å²) in [7, 11) is 0. The molecule has 98 valence electrons. The average molecular weight is 248 g/mol. The van der Waals surface area contributed by atoms with Crippen LogP contribution in [-0.4, -0.2) is 36.0 Å². The molecular formula is C4H8O12-2. The summed E-state index contributed by atoms with van der Waals surface area (Å²) in [5.74, 6) is 0. The highest BCUT2D eigenvalue weighted by Gasteiger charge is 1.47. The first-order valence-corrected chi connectivity index (χ1v) is 2.31. The molecule has 0 aromatic heterocycles. The van der Waals surface area contributed by atoms with Gasteiger partial charge < -0.3 is 35.5 Å². The van der Waals surface area contributed by atoms with Gasteiger partial charge in [0, 0.05) is 1.43 Å². The van der Waals surface area contributed by atoms with Crippen molar-refractivity contribution in [1.82, 2.24) is 0 Å². The van der Waals surface area contributed by atoms with Gasteiger partial charge in [0.15, 0.2) is 0 Å². The van der Waals surface area contributed by atoms with Crippen molar-refractivity contribution in [3.05, 3.63) is 0 Å². The second kappa shape index (κ2) is 54.8. The minimum atomic E-state index is -2.33. The van der Waals surface area contributed by atoms with Gasteiger partial charge in [-0.3, -0.25) is 9.59 Å². The first-order valence-electron chi connectivity index (χ1n) is 2.31. The number of carboxylic acid groups (broad SMARTS) is 2. The van der Waals surface area contributed by atoms with Gasteiger partial charge in [0.25, 0.3) is 6.47 Å². The van der Waals surface area contributed by atoms with Crippen LogP contribution in [0, 0.1) is 0 Å². The van der Waals surface area contributed by atoms with E-state index in [1.807, 2.05) is 0 Å². The van der Waals surface area contributed by atoms with Gasteiger partial charge in [0.2, 0.25) is 0 Å². The van der Waals surface area contributed by atoms with E-state index < -0.39 is 6.16 Å². The Bertz CT molecular complexity index is 165. The molecule has 0 atom stereocenters. The minimum Gasteiger partial charge on any atom is -0.662 e. The van der Waals surface area contributed by atoms with Crippen LogP contribution in [0.2, 0.25) is 0 Å². The highest BCUT2D eigenvalue weighted by Crippen LogP contribution is 1.33. The maximum atomic E-state index is 8.70. The van der Waals surface area contributed by atoms with Crippen molar-refractivity contribution in [2.75, 3.05) is 0 Å². The Morgan fingerprint density at radius 3 is 1.44 bits per heavy atom. The molecular weight excluding hydrogens is 240 g/mol. The van der Waals surface area contributed by atoms with Crippen LogP contribution in [0.25, 0.3) is 0 Å². The van der Waals surface area contributed by atoms with Gasteiger partial charge in [0.05, 0.1) is 0 Å². The number of carbonyl (C=O) groups is 3. The molecule has 0 unspecified atom stereocenters. The Morgan fingerprint density at radius 2 is 1.44 bits per heavy atom. The second-order valence-corrected chi connectivity index (χ2v) is 0.727. The van der Waals surface area contributed by atoms with Crippen LogP contribution in [-0.2, 0) is 29.0 Å². The lowest BCUT2D eigenvalue weighted by atomic mass is 11.5. The molecule has 3 N–H and O–H groups in total. The van der Waals surface area contributed by atoms with Crippen LogP contribution in [0.4, 0.5) is 4.79 Å². The maximum absolute atomic E-state index is 8.70. The molecule has 0 bridgehead atoms. The van der Waals surface area contributed by atoms with Crippen molar-refractivity contribution >= 4 is 25.3 Å². The topological polar surface area (TPSA) is 225 Å². The molecule has 0 aromatic carbocycles. The van der Waals surface area contributed by atoms with E-state index in [-0.39, 0.29) is 27.4 Å². The summed E-state index contributed by atoms with van der Waals surface area (Å²) < 4.78 is 0. The molecule has 0 fully saturated rings. The van der Waals surface area contributed by atoms with Crippen LogP contribution in [0.15, 0.2) is 0 Å². The number of carbonyl (C=O) groups excluding carboxylic acids is 5. The Hall–Kier alpha value is -2.53. The van der Waals surface area contributed by atoms with E-state index in [4.69, 9.17) is 44.7 Å². The molecule has 0 spiro atoms. The van der Waals surface area contributed by atoms with Crippen molar-refractivity contribution < 1.29 is 62.8 Å². The summed E-state index contributed by atoms with van der Waals surface area (Å²) in [5, 5.41) is 32.1. The summed E-state index contributed by atoms with van der Waals surface area (Å²) in [6.45, 7) is -0.250. The molecule has 0 rings (SSSR count). The zero-order chi connectivity index (χ0) is 13.1. The fraction of sp³-hybridized carbons (Fsp3) is 0. The van der Waals surface area contributed by atoms with Gasteiger partial charge in [-0.15, -0.1) is 0 Å². The van der Waals surface area contributed by atoms with Crippen LogP contribution in [0.5, 0.6) is 0 Å². The monoisotopic (exact) mass is 248 g/mol. The van der Waals surface area contributed by atoms with Crippen LogP contribution in [0.1, 0.15) is 2.85 Å². The zero-order valence-corrected chi connectivity index (χ0v) is 7.18. The van der Waals surface area contributed by atoms with Crippen LogP contribution < -0.4 is 15.5 Å². The van der Waals surface area contributed by atoms with Gasteiger partial charge >= 0.3 is 14.1 Å². The molecule has 12 nitrogen and oxygen atoms in total. The highest BCUT2D eigenvalue weighted by molar-refractivity contribution is 5.47. The Labute approximate surface area is 89.4 Å². The van der Waals surface area contributed by atoms with Crippen molar-refractivity contribution in [3.63, 3.8) is 0 Å². The largest absolute Gasteiger partial charge is 1.00 e. The third-order valence-electron chi connectivity index (χ3n) is 0.0823. The lowest BCUT2D eigenvalue weighted by molar-refractivity contribution is -0.652. The highest BCUT2D eigenvalue weighted by atomic mass is 17.1. The van der Waals surface area contributed by atoms with Gasteiger partial charge in [-0.2, -0.15) is 9.59 Å². The predicted molar refractivity (Wildman–Crippen MR) is 34.2 cm³/mol. The van der Waals surface area contributed by atoms with E-state index in [0.29, 0.717) is 0 Å². The molecule has 12 heteroatoms. The van der Waals surface area contributed by atoms with Crippen molar-refractivity contribution in [1.29, 1.82) is 0 Å². The van der Waals surface area contributed by atoms with E-state index >= 15 is 0 Å². The molecule has 0 saturated heterocycles. The van der Waals surface area contributed by atoms with E-state index in [1.165, 1.54) is 0 Å². The zero-order valence-electron chi connectivity index (χ0n) is 8.18. The minimum absolute atomic E-state index is 0. The first kappa shape index (κ1) is 29.2. The van der Waals surface area contributed by atoms with E-state index in [9.17, 15) is 0 Å². The maximum Gasteiger partial charge on any atom is 1.00 e. The van der Waals surface area contributed by atoms with E-state index in [0.717, 1.165) is 0 Å². The van der Waals surface area contributed by atoms with Gasteiger partial charge in [0.1, 0.15) is 0 Å². The SMILES string of the molecule is O.O=C([O-])[O-].O=C=O.O=COO.O=CO[O-].[H+].[HH]. The summed E-state index contributed by atoms with van der Waals surface area (Å²) >= 11 is 0. The summed E-state index contributed by atoms with van der Waals surface area (Å²) in [4.78, 5) is 47.4. The van der Waals surface area contributed by atoms with E-state index in [2.05, 4.69) is 9.78 Å². The molecule has 0 aliphatic carbocycles. The Kier molecular flexibility index (Phi) is 100. The fourth-order valence-corrected chi connectivity index (χ4v) is 0. The molecule has 0 aliphatic rings. The average Bonchev–Trinajstić information content (AvgIpc) is 2.18. The Balaban J connectivity index is -0.0000000171. The summed E-state index contributed by atoms with van der Waals surface area (Å²) in [5.41, 5.74) is 0. The van der Waals surface area contributed by atoms with Crippen LogP contribution >= 0.6 is 0 Å². The third-order valence-corrected chi connectivity index (χ3v) is 0.0823. The van der Waals surface area contributed by atoms with Gasteiger partial charge in [-0.25, -0.2) is 5.26 Å². The van der Waals surface area contributed by atoms with Crippen molar-refractivity contribution in [2.24, 2.45) is 0 Å². The third kappa shape index (κ3) is 4480. The molecule has 0 amide bonds. The Morgan fingerprint density at radius 1 is 1.31 bits per heavy atom. The number of hydrogen-bond acceptors (Lipinski definition) is 11. The molecule has 0 saturated carbocycles. The predicted octanol–water partition coefficient (Wildman–Crippen LogP) is -5.43. The lowest BCUT2D eigenvalue weighted by Crippen LogP contribution is -2.37. The molecule has 16 heavy (non-hydrogen) atoms. The second-order valence-electron chi connectivity index (χ2n) is 0.727. The molecule has 0 aliphatic heterocycles. The van der Waals surface area contributed by atoms with E-state index in [1.54, 1.807) is 0 Å². The quantitative estimate of drug-likeness (QED) is 0.275. The molecule has 0 heterocycles. The summed E-state index contributed by atoms with van der Waals surface area (Å²) in [6, 6.07) is 0. The van der Waals surface area contributed by atoms with Crippen LogP contribution in [0.3, 0.4) is 0 Å². The molecule has 0 radical (unpaired) electrons. The van der Waals surface area contributed by atoms with Gasteiger partial charge in [-0.1, -0.05) is 0 Å². The molecule has 0 aromatic rings. The van der Waals surface area contributed by atoms with Gasteiger partial charge in [-0.05, 0) is 6.16 Å². The van der Waals surface area contributed by atoms with Crippen molar-refractivity contribution in [2.45, 2.75) is 0 Å². The lowest BCUT2D eigenvalue weighted by Gasteiger charge is -1.96. The standard InChI is InChI=1S/3CH2O3.CO2.H2O.H2/c2*2-1-4-3;2-1(3)4;2-1-3;;/h2*1,3H;(H2,2,3,4);;1H2;1H/p-2. The fourth-order valence-electron chi connectivity index (χ4n) is 0. The smallest absolute Gasteiger partial charge is 0.662 e. The van der Waals surface area contributed by atoms with Crippen molar-refractivity contribution in [3.8, 4) is 0 Å². The normalized spacial score (nSPS) is 4.62. The summed E-state index contributed by atoms with van der Waals surface area (Å²) in [6.07, 6.45) is -2.08. The number of hydrogen-bond donors (Lipinski definition) is 1.